The molecule has 0 aliphatic carbocycles. The highest BCUT2D eigenvalue weighted by Crippen LogP contribution is 2.31. The van der Waals surface area contributed by atoms with Gasteiger partial charge in [0.05, 0.1) is 22.9 Å². The van der Waals surface area contributed by atoms with E-state index in [0.29, 0.717) is 10.8 Å². The highest BCUT2D eigenvalue weighted by Gasteiger charge is 2.40. The molecule has 0 bridgehead atoms. The van der Waals surface area contributed by atoms with E-state index < -0.39 is 29.3 Å². The molecule has 0 radical (unpaired) electrons. The molecule has 1 aliphatic rings. The van der Waals surface area contributed by atoms with E-state index >= 15 is 0 Å². The zero-order chi connectivity index (χ0) is 24.0. The molecule has 0 fully saturated rings. The van der Waals surface area contributed by atoms with Gasteiger partial charge >= 0.3 is 6.18 Å². The Hall–Kier alpha value is -4.29. The molecule has 0 saturated carbocycles. The van der Waals surface area contributed by atoms with Crippen molar-refractivity contribution in [3.8, 4) is 11.6 Å². The molecule has 2 aromatic carbocycles. The van der Waals surface area contributed by atoms with Crippen molar-refractivity contribution < 1.29 is 27.1 Å². The van der Waals surface area contributed by atoms with E-state index in [4.69, 9.17) is 4.74 Å². The molecule has 1 N–H and O–H groups in total. The number of rotatable bonds is 3. The number of H-pyrrole nitrogens is 1. The van der Waals surface area contributed by atoms with Crippen LogP contribution in [0.1, 0.15) is 22.0 Å². The predicted octanol–water partition coefficient (Wildman–Crippen LogP) is 3.12. The normalized spacial score (nSPS) is 13.7. The Bertz CT molecular complexity index is 1480. The number of carbonyl (C=O) groups is 1. The number of hydrogen-bond acceptors (Lipinski definition) is 6. The minimum Gasteiger partial charge on any atom is -0.437 e. The third-order valence-corrected chi connectivity index (χ3v) is 5.34. The molecule has 13 heteroatoms. The number of nitrogens with zero attached hydrogens (tertiary/aromatic N) is 5. The molecule has 9 nitrogen and oxygen atoms in total. The van der Waals surface area contributed by atoms with E-state index in [-0.39, 0.29) is 42.7 Å². The minimum absolute atomic E-state index is 0.0472. The van der Waals surface area contributed by atoms with Gasteiger partial charge in [-0.15, -0.1) is 15.3 Å². The van der Waals surface area contributed by atoms with Crippen molar-refractivity contribution in [3.05, 3.63) is 75.8 Å². The number of benzene rings is 2. The summed E-state index contributed by atoms with van der Waals surface area (Å²) in [6.07, 6.45) is -4.67. The van der Waals surface area contributed by atoms with Gasteiger partial charge in [0.25, 0.3) is 11.5 Å². The number of ether oxygens (including phenoxy) is 1. The van der Waals surface area contributed by atoms with Gasteiger partial charge in [-0.05, 0) is 30.3 Å². The maximum atomic E-state index is 14.5. The Labute approximate surface area is 187 Å². The molecule has 0 saturated heterocycles. The number of fused-ring (bicyclic) bond motifs is 2. The summed E-state index contributed by atoms with van der Waals surface area (Å²) >= 11 is 0. The summed E-state index contributed by atoms with van der Waals surface area (Å²) in [5, 5.41) is 13.6. The molecule has 1 aliphatic heterocycles. The van der Waals surface area contributed by atoms with Crippen molar-refractivity contribution in [1.29, 1.82) is 0 Å². The maximum Gasteiger partial charge on any atom is 0.451 e. The quantitative estimate of drug-likeness (QED) is 0.458. The van der Waals surface area contributed by atoms with Gasteiger partial charge in [-0.2, -0.15) is 13.2 Å². The van der Waals surface area contributed by atoms with Gasteiger partial charge in [-0.1, -0.05) is 12.1 Å². The number of alkyl halides is 3. The van der Waals surface area contributed by atoms with Crippen LogP contribution in [-0.2, 0) is 19.3 Å². The van der Waals surface area contributed by atoms with E-state index in [0.717, 1.165) is 10.6 Å². The van der Waals surface area contributed by atoms with Crippen LogP contribution in [0, 0.1) is 5.82 Å². The second-order valence-corrected chi connectivity index (χ2v) is 7.46. The monoisotopic (exact) mass is 474 g/mol. The van der Waals surface area contributed by atoms with Crippen LogP contribution in [0.2, 0.25) is 0 Å². The van der Waals surface area contributed by atoms with Crippen molar-refractivity contribution in [2.24, 2.45) is 0 Å². The van der Waals surface area contributed by atoms with E-state index in [9.17, 15) is 27.2 Å². The maximum absolute atomic E-state index is 14.5. The number of nitrogens with one attached hydrogen (secondary N) is 1. The van der Waals surface area contributed by atoms with Crippen LogP contribution in [0.4, 0.5) is 17.6 Å². The molecule has 0 unspecified atom stereocenters. The third kappa shape index (κ3) is 3.74. The van der Waals surface area contributed by atoms with Gasteiger partial charge in [0.1, 0.15) is 11.6 Å². The molecule has 2 aromatic heterocycles. The van der Waals surface area contributed by atoms with E-state index in [2.05, 4.69) is 20.4 Å². The van der Waals surface area contributed by atoms with Gasteiger partial charge in [0.2, 0.25) is 11.7 Å². The summed E-state index contributed by atoms with van der Waals surface area (Å²) in [5.74, 6) is -2.65. The van der Waals surface area contributed by atoms with Gasteiger partial charge in [-0.3, -0.25) is 9.59 Å². The van der Waals surface area contributed by atoms with Gasteiger partial charge in [0, 0.05) is 13.1 Å². The molecule has 0 spiro atoms. The van der Waals surface area contributed by atoms with E-state index in [1.165, 1.54) is 17.0 Å². The second kappa shape index (κ2) is 7.93. The average Bonchev–Trinajstić information content (AvgIpc) is 3.26. The molecule has 174 valence electrons. The first-order valence-corrected chi connectivity index (χ1v) is 9.96. The van der Waals surface area contributed by atoms with Crippen molar-refractivity contribution >= 4 is 16.7 Å². The molecule has 4 aromatic rings. The lowest BCUT2D eigenvalue weighted by Gasteiger charge is -2.28. The largest absolute Gasteiger partial charge is 0.451 e. The fraction of sp³-hybridized carbons (Fsp3) is 0.190. The summed E-state index contributed by atoms with van der Waals surface area (Å²) < 4.78 is 60.2. The number of carbonyl (C=O) groups excluding carboxylic acids is 1. The number of aromatic amines is 1. The highest BCUT2D eigenvalue weighted by molar-refractivity contribution is 5.95. The van der Waals surface area contributed by atoms with Crippen molar-refractivity contribution in [3.63, 3.8) is 0 Å². The Morgan fingerprint density at radius 3 is 2.59 bits per heavy atom. The van der Waals surface area contributed by atoms with Crippen LogP contribution in [-0.4, -0.2) is 42.3 Å². The van der Waals surface area contributed by atoms with Crippen molar-refractivity contribution in [1.82, 2.24) is 29.9 Å². The number of hydrogen-bond donors (Lipinski definition) is 1. The molecule has 0 atom stereocenters. The summed E-state index contributed by atoms with van der Waals surface area (Å²) in [6, 6.07) is 10.1. The molecule has 1 amide bonds. The smallest absolute Gasteiger partial charge is 0.437 e. The first-order valence-electron chi connectivity index (χ1n) is 9.96. The number of amides is 1. The standard InChI is InChI=1S/C21H14F4N6O3/c22-15-6-5-11(34-18-13-4-2-1-3-12(13)17(32)27-28-18)9-14(15)19(33)30-7-8-31-16(10-30)26-29-20(31)21(23,24)25/h1-6,9H,7-8,10H2,(H,27,32). The lowest BCUT2D eigenvalue weighted by molar-refractivity contribution is -0.147. The third-order valence-electron chi connectivity index (χ3n) is 5.34. The molecular formula is C21H14F4N6O3. The van der Waals surface area contributed by atoms with E-state index in [1.54, 1.807) is 24.3 Å². The van der Waals surface area contributed by atoms with Crippen LogP contribution >= 0.6 is 0 Å². The predicted molar refractivity (Wildman–Crippen MR) is 109 cm³/mol. The van der Waals surface area contributed by atoms with Gasteiger partial charge in [0.15, 0.2) is 5.82 Å². The SMILES string of the molecule is O=C(c1cc(Oc2n[nH]c(=O)c3ccccc23)ccc1F)N1CCn2c(nnc2C(F)(F)F)C1. The fourth-order valence-electron chi connectivity index (χ4n) is 3.72. The molecular weight excluding hydrogens is 460 g/mol. The van der Waals surface area contributed by atoms with Crippen LogP contribution < -0.4 is 10.3 Å². The summed E-state index contributed by atoms with van der Waals surface area (Å²) in [6.45, 7) is -0.545. The van der Waals surface area contributed by atoms with Crippen LogP contribution in [0.3, 0.4) is 0 Å². The van der Waals surface area contributed by atoms with Crippen molar-refractivity contribution in [2.45, 2.75) is 19.3 Å². The van der Waals surface area contributed by atoms with Crippen LogP contribution in [0.5, 0.6) is 11.6 Å². The summed E-state index contributed by atoms with van der Waals surface area (Å²) in [5.41, 5.74) is -0.750. The average molecular weight is 474 g/mol. The molecule has 3 heterocycles. The topological polar surface area (TPSA) is 106 Å². The summed E-state index contributed by atoms with van der Waals surface area (Å²) in [7, 11) is 0. The lowest BCUT2D eigenvalue weighted by atomic mass is 10.1. The zero-order valence-electron chi connectivity index (χ0n) is 17.1. The zero-order valence-corrected chi connectivity index (χ0v) is 17.1. The second-order valence-electron chi connectivity index (χ2n) is 7.46. The fourth-order valence-corrected chi connectivity index (χ4v) is 3.72. The summed E-state index contributed by atoms with van der Waals surface area (Å²) in [4.78, 5) is 26.1. The number of aromatic nitrogens is 5. The van der Waals surface area contributed by atoms with Gasteiger partial charge < -0.3 is 14.2 Å². The first kappa shape index (κ1) is 21.6. The molecule has 34 heavy (non-hydrogen) atoms. The number of halogens is 4. The molecule has 5 rings (SSSR count). The Morgan fingerprint density at radius 1 is 1.06 bits per heavy atom. The van der Waals surface area contributed by atoms with Gasteiger partial charge in [-0.25, -0.2) is 9.49 Å². The van der Waals surface area contributed by atoms with Crippen LogP contribution in [0.15, 0.2) is 47.3 Å². The first-order chi connectivity index (χ1) is 16.2. The van der Waals surface area contributed by atoms with Crippen molar-refractivity contribution in [2.75, 3.05) is 6.54 Å². The Balaban J connectivity index is 1.42. The minimum atomic E-state index is -4.67. The Morgan fingerprint density at radius 2 is 1.82 bits per heavy atom. The van der Waals surface area contributed by atoms with Crippen LogP contribution in [0.25, 0.3) is 10.8 Å². The van der Waals surface area contributed by atoms with E-state index in [1.807, 2.05) is 0 Å². The lowest BCUT2D eigenvalue weighted by Crippen LogP contribution is -2.39. The highest BCUT2D eigenvalue weighted by atomic mass is 19.4. The Kier molecular flexibility index (Phi) is 5.03.